The van der Waals surface area contributed by atoms with Gasteiger partial charge in [-0.15, -0.1) is 0 Å². The summed E-state index contributed by atoms with van der Waals surface area (Å²) in [5.41, 5.74) is 0.385. The van der Waals surface area contributed by atoms with Gasteiger partial charge in [0.25, 0.3) is 0 Å². The summed E-state index contributed by atoms with van der Waals surface area (Å²) in [6.07, 6.45) is 2.62. The first-order chi connectivity index (χ1) is 6.91. The van der Waals surface area contributed by atoms with Gasteiger partial charge in [-0.2, -0.15) is 0 Å². The van der Waals surface area contributed by atoms with Crippen molar-refractivity contribution < 1.29 is 4.11 Å². The Morgan fingerprint density at radius 3 is 3.00 bits per heavy atom. The molecule has 0 aliphatic rings. The molecule has 0 spiro atoms. The third kappa shape index (κ3) is 0.974. The fourth-order valence-corrected chi connectivity index (χ4v) is 1.35. The van der Waals surface area contributed by atoms with Crippen LogP contribution in [0.2, 0.25) is 10.3 Å². The number of halogens is 2. The Bertz CT molecular complexity index is 520. The van der Waals surface area contributed by atoms with E-state index in [-0.39, 0.29) is 16.1 Å². The minimum Gasteiger partial charge on any atom is -0.283 e. The van der Waals surface area contributed by atoms with Gasteiger partial charge in [-0.3, -0.25) is 4.40 Å². The maximum Gasteiger partial charge on any atom is 0.154 e. The monoisotopic (exact) mass is 204 g/mol. The predicted octanol–water partition coefficient (Wildman–Crippen LogP) is 2.34. The molecule has 62 valence electrons. The topological polar surface area (TPSA) is 30.2 Å². The number of aromatic nitrogens is 3. The Morgan fingerprint density at radius 2 is 2.25 bits per heavy atom. The Morgan fingerprint density at radius 1 is 1.42 bits per heavy atom. The van der Waals surface area contributed by atoms with Gasteiger partial charge in [0, 0.05) is 4.11 Å². The zero-order chi connectivity index (χ0) is 11.2. The molecule has 0 saturated heterocycles. The lowest BCUT2D eigenvalue weighted by molar-refractivity contribution is 1.03. The number of imidazole rings is 1. The molecule has 0 aromatic carbocycles. The fraction of sp³-hybridized carbons (Fsp3) is 0.143. The van der Waals surface area contributed by atoms with Gasteiger partial charge in [-0.1, -0.05) is 23.2 Å². The van der Waals surface area contributed by atoms with Crippen LogP contribution in [0.3, 0.4) is 0 Å². The van der Waals surface area contributed by atoms with E-state index in [1.807, 2.05) is 0 Å². The van der Waals surface area contributed by atoms with E-state index >= 15 is 0 Å². The fourth-order valence-electron chi connectivity index (χ4n) is 0.947. The average molecular weight is 205 g/mol. The summed E-state index contributed by atoms with van der Waals surface area (Å²) in [4.78, 5) is 7.57. The number of rotatable bonds is 0. The van der Waals surface area contributed by atoms with Gasteiger partial charge in [0.1, 0.15) is 16.5 Å². The highest BCUT2D eigenvalue weighted by molar-refractivity contribution is 6.33. The summed E-state index contributed by atoms with van der Waals surface area (Å²) >= 11 is 11.6. The van der Waals surface area contributed by atoms with Gasteiger partial charge in [-0.25, -0.2) is 9.97 Å². The molecule has 2 aromatic heterocycles. The second-order valence-corrected chi connectivity index (χ2v) is 2.92. The molecule has 0 aliphatic carbocycles. The Balaban J connectivity index is 2.85. The van der Waals surface area contributed by atoms with Crippen LogP contribution < -0.4 is 0 Å². The highest BCUT2D eigenvalue weighted by Crippen LogP contribution is 2.19. The molecule has 0 aliphatic heterocycles. The predicted molar refractivity (Wildman–Crippen MR) is 47.7 cm³/mol. The van der Waals surface area contributed by atoms with E-state index in [0.29, 0.717) is 5.52 Å². The SMILES string of the molecule is [2H]C([2H])([2H])c1ncc2c(Cl)ncc(Cl)n12. The van der Waals surface area contributed by atoms with E-state index in [2.05, 4.69) is 9.97 Å². The van der Waals surface area contributed by atoms with Crippen molar-refractivity contribution in [3.05, 3.63) is 28.5 Å². The first kappa shape index (κ1) is 5.04. The molecule has 0 amide bonds. The molecule has 0 saturated carbocycles. The molecule has 0 bridgehead atoms. The molecule has 0 atom stereocenters. The van der Waals surface area contributed by atoms with E-state index in [1.54, 1.807) is 0 Å². The van der Waals surface area contributed by atoms with Crippen LogP contribution in [-0.4, -0.2) is 14.4 Å². The van der Waals surface area contributed by atoms with Crippen molar-refractivity contribution in [2.75, 3.05) is 0 Å². The van der Waals surface area contributed by atoms with Crippen molar-refractivity contribution in [1.82, 2.24) is 14.4 Å². The molecule has 0 unspecified atom stereocenters. The van der Waals surface area contributed by atoms with E-state index in [4.69, 9.17) is 27.3 Å². The van der Waals surface area contributed by atoms with Gasteiger partial charge in [0.15, 0.2) is 5.15 Å². The minimum atomic E-state index is -2.33. The molecule has 0 radical (unpaired) electrons. The van der Waals surface area contributed by atoms with Crippen LogP contribution in [0.25, 0.3) is 5.52 Å². The first-order valence-electron chi connectivity index (χ1n) is 4.59. The third-order valence-electron chi connectivity index (χ3n) is 1.47. The molecular weight excluding hydrogens is 197 g/mol. The van der Waals surface area contributed by atoms with Crippen LogP contribution in [0.5, 0.6) is 0 Å². The summed E-state index contributed by atoms with van der Waals surface area (Å²) < 4.78 is 23.1. The molecule has 12 heavy (non-hydrogen) atoms. The maximum absolute atomic E-state index is 7.27. The second kappa shape index (κ2) is 2.61. The van der Waals surface area contributed by atoms with E-state index in [1.165, 1.54) is 16.8 Å². The molecule has 0 N–H and O–H groups in total. The molecule has 0 fully saturated rings. The van der Waals surface area contributed by atoms with Crippen LogP contribution in [0.15, 0.2) is 12.4 Å². The van der Waals surface area contributed by atoms with Gasteiger partial charge in [0.05, 0.1) is 12.4 Å². The molecular formula is C7H5Cl2N3. The zero-order valence-corrected chi connectivity index (χ0v) is 7.26. The van der Waals surface area contributed by atoms with Crippen LogP contribution >= 0.6 is 23.2 Å². The number of nitrogens with zero attached hydrogens (tertiary/aromatic N) is 3. The van der Waals surface area contributed by atoms with Crippen molar-refractivity contribution >= 4 is 28.7 Å². The lowest BCUT2D eigenvalue weighted by Gasteiger charge is -1.99. The zero-order valence-electron chi connectivity index (χ0n) is 8.75. The smallest absolute Gasteiger partial charge is 0.154 e. The van der Waals surface area contributed by atoms with Crippen molar-refractivity contribution in [2.24, 2.45) is 0 Å². The number of fused-ring (bicyclic) bond motifs is 1. The van der Waals surface area contributed by atoms with Crippen molar-refractivity contribution in [1.29, 1.82) is 0 Å². The molecule has 2 aromatic rings. The molecule has 2 heterocycles. The molecule has 5 heteroatoms. The summed E-state index contributed by atoms with van der Waals surface area (Å²) in [5, 5.41) is 0.334. The van der Waals surface area contributed by atoms with Gasteiger partial charge in [-0.05, 0) is 6.85 Å². The van der Waals surface area contributed by atoms with Crippen LogP contribution in [0.1, 0.15) is 9.94 Å². The number of hydrogen-bond donors (Lipinski definition) is 0. The lowest BCUT2D eigenvalue weighted by atomic mass is 10.6. The standard InChI is InChI=1S/C7H5Cl2N3/c1-4-10-2-5-7(9)11-3-6(8)12(4)5/h2-3H,1H3/i1D3. The van der Waals surface area contributed by atoms with Crippen LogP contribution in [0, 0.1) is 6.85 Å². The Labute approximate surface area is 83.2 Å². The van der Waals surface area contributed by atoms with Gasteiger partial charge in [0.2, 0.25) is 0 Å². The minimum absolute atomic E-state index is 0.119. The summed E-state index contributed by atoms with van der Waals surface area (Å²) in [6, 6.07) is 0. The largest absolute Gasteiger partial charge is 0.283 e. The van der Waals surface area contributed by atoms with E-state index in [9.17, 15) is 0 Å². The second-order valence-electron chi connectivity index (χ2n) is 2.17. The third-order valence-corrected chi connectivity index (χ3v) is 2.03. The van der Waals surface area contributed by atoms with Crippen molar-refractivity contribution in [3.63, 3.8) is 0 Å². The maximum atomic E-state index is 7.27. The highest BCUT2D eigenvalue weighted by atomic mass is 35.5. The number of aryl methyl sites for hydroxylation is 1. The summed E-state index contributed by atoms with van der Waals surface area (Å²) in [5.74, 6) is -0.119. The summed E-state index contributed by atoms with van der Waals surface area (Å²) in [6.45, 7) is -2.33. The van der Waals surface area contributed by atoms with Crippen molar-refractivity contribution in [3.8, 4) is 0 Å². The van der Waals surface area contributed by atoms with Gasteiger partial charge < -0.3 is 0 Å². The average Bonchev–Trinajstić information content (AvgIpc) is 2.55. The van der Waals surface area contributed by atoms with Crippen LogP contribution in [0.4, 0.5) is 0 Å². The normalized spacial score (nSPS) is 15.7. The first-order valence-corrected chi connectivity index (χ1v) is 3.85. The number of hydrogen-bond acceptors (Lipinski definition) is 2. The van der Waals surface area contributed by atoms with E-state index in [0.717, 1.165) is 0 Å². The van der Waals surface area contributed by atoms with Crippen LogP contribution in [-0.2, 0) is 0 Å². The molecule has 2 rings (SSSR count). The summed E-state index contributed by atoms with van der Waals surface area (Å²) in [7, 11) is 0. The highest BCUT2D eigenvalue weighted by Gasteiger charge is 2.06. The Hall–Kier alpha value is -0.800. The Kier molecular flexibility index (Phi) is 1.10. The molecule has 3 nitrogen and oxygen atoms in total. The quantitative estimate of drug-likeness (QED) is 0.660. The lowest BCUT2D eigenvalue weighted by Crippen LogP contribution is -1.91. The van der Waals surface area contributed by atoms with Crippen molar-refractivity contribution in [2.45, 2.75) is 6.85 Å². The van der Waals surface area contributed by atoms with Gasteiger partial charge >= 0.3 is 0 Å². The van der Waals surface area contributed by atoms with E-state index < -0.39 is 6.85 Å².